The van der Waals surface area contributed by atoms with Gasteiger partial charge in [-0.2, -0.15) is 11.2 Å². The average molecular weight is 587 g/mol. The SMILES string of the molecule is CN1CCN=C1c1[c-]c(N(c2[c-]c(-n3cccn3)ccc2)c2ccccc2)ccc1.[Pt+2]. The zero-order chi connectivity index (χ0) is 20.3. The quantitative estimate of drug-likeness (QED) is 0.320. The van der Waals surface area contributed by atoms with Gasteiger partial charge in [0, 0.05) is 37.0 Å². The molecule has 0 saturated carbocycles. The van der Waals surface area contributed by atoms with Crippen molar-refractivity contribution in [2.75, 3.05) is 25.0 Å². The predicted octanol–water partition coefficient (Wildman–Crippen LogP) is 4.63. The third-order valence-corrected chi connectivity index (χ3v) is 5.09. The Balaban J connectivity index is 0.00000231. The molecule has 0 fully saturated rings. The molecule has 0 N–H and O–H groups in total. The molecular formula is C25H21N5Pt. The van der Waals surface area contributed by atoms with Crippen LogP contribution in [0.3, 0.4) is 0 Å². The van der Waals surface area contributed by atoms with E-state index in [4.69, 9.17) is 0 Å². The van der Waals surface area contributed by atoms with Crippen LogP contribution in [0, 0.1) is 12.1 Å². The van der Waals surface area contributed by atoms with E-state index in [0.717, 1.165) is 47.2 Å². The number of nitrogens with zero attached hydrogens (tertiary/aromatic N) is 5. The van der Waals surface area contributed by atoms with E-state index in [2.05, 4.69) is 75.5 Å². The summed E-state index contributed by atoms with van der Waals surface area (Å²) in [4.78, 5) is 8.99. The summed E-state index contributed by atoms with van der Waals surface area (Å²) in [5.41, 5.74) is 4.78. The number of aliphatic imine (C=N–C) groups is 1. The number of hydrogen-bond acceptors (Lipinski definition) is 4. The molecule has 0 unspecified atom stereocenters. The largest absolute Gasteiger partial charge is 2.00 e. The number of benzene rings is 3. The van der Waals surface area contributed by atoms with Crippen LogP contribution in [0.2, 0.25) is 0 Å². The predicted molar refractivity (Wildman–Crippen MR) is 120 cm³/mol. The molecule has 2 heterocycles. The van der Waals surface area contributed by atoms with Crippen LogP contribution < -0.4 is 4.90 Å². The molecule has 0 amide bonds. The average Bonchev–Trinajstić information content (AvgIpc) is 3.47. The summed E-state index contributed by atoms with van der Waals surface area (Å²) < 4.78 is 1.81. The summed E-state index contributed by atoms with van der Waals surface area (Å²) in [5, 5.41) is 4.34. The molecule has 0 spiro atoms. The minimum absolute atomic E-state index is 0. The van der Waals surface area contributed by atoms with Gasteiger partial charge in [0.25, 0.3) is 0 Å². The first-order valence-corrected chi connectivity index (χ1v) is 9.95. The number of amidine groups is 1. The van der Waals surface area contributed by atoms with E-state index in [9.17, 15) is 0 Å². The number of para-hydroxylation sites is 1. The van der Waals surface area contributed by atoms with Gasteiger partial charge < -0.3 is 14.8 Å². The Morgan fingerprint density at radius 2 is 1.65 bits per heavy atom. The standard InChI is InChI=1S/C25H21N5.Pt/c1-28-17-15-26-25(28)20-8-5-12-23(18-20)30(21-9-3-2-4-10-21)24-13-6-11-22(19-24)29-16-7-14-27-29;/h2-14,16H,15,17H2,1H3;/q-2;+2. The third kappa shape index (κ3) is 4.33. The molecule has 31 heavy (non-hydrogen) atoms. The number of aromatic nitrogens is 2. The first-order chi connectivity index (χ1) is 14.8. The van der Waals surface area contributed by atoms with Crippen molar-refractivity contribution in [1.29, 1.82) is 0 Å². The molecular weight excluding hydrogens is 565 g/mol. The molecule has 0 aliphatic carbocycles. The Labute approximate surface area is 196 Å². The van der Waals surface area contributed by atoms with Gasteiger partial charge in [-0.05, 0) is 36.6 Å². The summed E-state index contributed by atoms with van der Waals surface area (Å²) in [6, 6.07) is 31.6. The second kappa shape index (κ2) is 9.32. The Morgan fingerprint density at radius 1 is 0.871 bits per heavy atom. The van der Waals surface area contributed by atoms with E-state index in [1.165, 1.54) is 0 Å². The first-order valence-electron chi connectivity index (χ1n) is 9.95. The van der Waals surface area contributed by atoms with Crippen molar-refractivity contribution in [2.45, 2.75) is 0 Å². The molecule has 3 aromatic carbocycles. The minimum atomic E-state index is 0. The van der Waals surface area contributed by atoms with Gasteiger partial charge in [-0.1, -0.05) is 23.9 Å². The number of rotatable bonds is 5. The maximum atomic E-state index is 4.65. The molecule has 156 valence electrons. The van der Waals surface area contributed by atoms with Crippen molar-refractivity contribution in [1.82, 2.24) is 14.7 Å². The molecule has 0 radical (unpaired) electrons. The molecule has 0 atom stereocenters. The molecule has 4 aromatic rings. The third-order valence-electron chi connectivity index (χ3n) is 5.09. The fraction of sp³-hybridized carbons (Fsp3) is 0.120. The Bertz CT molecular complexity index is 1170. The number of anilines is 3. The van der Waals surface area contributed by atoms with Gasteiger partial charge in [0.15, 0.2) is 0 Å². The minimum Gasteiger partial charge on any atom is -0.397 e. The molecule has 1 aliphatic heterocycles. The van der Waals surface area contributed by atoms with Crippen LogP contribution >= 0.6 is 0 Å². The summed E-state index contributed by atoms with van der Waals surface area (Å²) in [6.07, 6.45) is 3.69. The van der Waals surface area contributed by atoms with E-state index in [1.54, 1.807) is 6.20 Å². The second-order valence-corrected chi connectivity index (χ2v) is 7.12. The maximum absolute atomic E-state index is 4.65. The zero-order valence-electron chi connectivity index (χ0n) is 17.0. The van der Waals surface area contributed by atoms with Crippen molar-refractivity contribution in [3.63, 3.8) is 0 Å². The van der Waals surface area contributed by atoms with E-state index >= 15 is 0 Å². The zero-order valence-corrected chi connectivity index (χ0v) is 19.3. The summed E-state index contributed by atoms with van der Waals surface area (Å²) in [5.74, 6) is 0.985. The summed E-state index contributed by atoms with van der Waals surface area (Å²) >= 11 is 0. The van der Waals surface area contributed by atoms with Crippen molar-refractivity contribution in [3.8, 4) is 5.69 Å². The van der Waals surface area contributed by atoms with Crippen LogP contribution in [0.15, 0.2) is 90.2 Å². The van der Waals surface area contributed by atoms with Gasteiger partial charge in [0.1, 0.15) is 0 Å². The molecule has 0 saturated heterocycles. The van der Waals surface area contributed by atoms with Crippen LogP contribution in [-0.4, -0.2) is 40.7 Å². The maximum Gasteiger partial charge on any atom is 2.00 e. The van der Waals surface area contributed by atoms with Crippen LogP contribution in [0.5, 0.6) is 0 Å². The summed E-state index contributed by atoms with van der Waals surface area (Å²) in [7, 11) is 2.07. The first kappa shape index (κ1) is 21.1. The Morgan fingerprint density at radius 3 is 2.35 bits per heavy atom. The second-order valence-electron chi connectivity index (χ2n) is 7.12. The van der Waals surface area contributed by atoms with Crippen molar-refractivity contribution in [3.05, 3.63) is 103 Å². The molecule has 6 heteroatoms. The van der Waals surface area contributed by atoms with Gasteiger partial charge in [-0.15, -0.1) is 48.0 Å². The van der Waals surface area contributed by atoms with Gasteiger partial charge in [-0.3, -0.25) is 4.68 Å². The van der Waals surface area contributed by atoms with Crippen molar-refractivity contribution in [2.24, 2.45) is 4.99 Å². The fourth-order valence-electron chi connectivity index (χ4n) is 3.65. The molecule has 1 aromatic heterocycles. The van der Waals surface area contributed by atoms with Gasteiger partial charge >= 0.3 is 21.1 Å². The van der Waals surface area contributed by atoms with Crippen LogP contribution in [-0.2, 0) is 21.1 Å². The van der Waals surface area contributed by atoms with E-state index in [-0.39, 0.29) is 21.1 Å². The van der Waals surface area contributed by atoms with Gasteiger partial charge in [-0.25, -0.2) is 0 Å². The van der Waals surface area contributed by atoms with Gasteiger partial charge in [0.2, 0.25) is 0 Å². The van der Waals surface area contributed by atoms with Crippen LogP contribution in [0.25, 0.3) is 5.69 Å². The topological polar surface area (TPSA) is 36.7 Å². The Hall–Kier alpha value is -3.17. The monoisotopic (exact) mass is 586 g/mol. The molecule has 5 rings (SSSR count). The van der Waals surface area contributed by atoms with E-state index in [0.29, 0.717) is 0 Å². The molecule has 1 aliphatic rings. The normalized spacial score (nSPS) is 12.9. The molecule has 5 nitrogen and oxygen atoms in total. The Kier molecular flexibility index (Phi) is 6.33. The van der Waals surface area contributed by atoms with Crippen molar-refractivity contribution < 1.29 is 21.1 Å². The van der Waals surface area contributed by atoms with Crippen molar-refractivity contribution >= 4 is 22.9 Å². The van der Waals surface area contributed by atoms with Crippen LogP contribution in [0.4, 0.5) is 17.1 Å². The molecule has 0 bridgehead atoms. The van der Waals surface area contributed by atoms with Gasteiger partial charge in [0.05, 0.1) is 0 Å². The number of hydrogen-bond donors (Lipinski definition) is 0. The number of likely N-dealkylation sites (N-methyl/N-ethyl adjacent to an activating group) is 1. The fourth-order valence-corrected chi connectivity index (χ4v) is 3.65. The van der Waals surface area contributed by atoms with Crippen LogP contribution in [0.1, 0.15) is 5.56 Å². The van der Waals surface area contributed by atoms with E-state index < -0.39 is 0 Å². The summed E-state index contributed by atoms with van der Waals surface area (Å²) in [6.45, 7) is 1.77. The smallest absolute Gasteiger partial charge is 0.397 e. The van der Waals surface area contributed by atoms with E-state index in [1.807, 2.05) is 47.3 Å².